The molecule has 0 bridgehead atoms. The molecule has 5 heteroatoms. The van der Waals surface area contributed by atoms with Gasteiger partial charge in [-0.3, -0.25) is 9.80 Å². The maximum atomic E-state index is 12.3. The average Bonchev–Trinajstić information content (AvgIpc) is 3.28. The number of carbonyl (C=O) groups excluding carboxylic acids is 1. The first-order valence-electron chi connectivity index (χ1n) is 9.70. The van der Waals surface area contributed by atoms with E-state index < -0.39 is 0 Å². The molecule has 0 saturated carbocycles. The van der Waals surface area contributed by atoms with E-state index in [-0.39, 0.29) is 5.78 Å². The van der Waals surface area contributed by atoms with E-state index >= 15 is 0 Å². The first-order valence-corrected chi connectivity index (χ1v) is 10.1. The van der Waals surface area contributed by atoms with Crippen LogP contribution in [0.4, 0.5) is 5.69 Å². The molecule has 0 spiro atoms. The number of benzene rings is 3. The summed E-state index contributed by atoms with van der Waals surface area (Å²) in [6.07, 6.45) is 4.30. The van der Waals surface area contributed by atoms with Crippen molar-refractivity contribution < 1.29 is 9.53 Å². The van der Waals surface area contributed by atoms with E-state index in [0.717, 1.165) is 46.3 Å². The number of nitrogens with zero attached hydrogens (tertiary/aromatic N) is 2. The van der Waals surface area contributed by atoms with Gasteiger partial charge in [0.1, 0.15) is 5.75 Å². The number of carbonyl (C=O) groups is 1. The Bertz CT molecular complexity index is 1090. The Morgan fingerprint density at radius 2 is 1.70 bits per heavy atom. The molecule has 4 rings (SSSR count). The zero-order chi connectivity index (χ0) is 20.9. The molecule has 0 unspecified atom stereocenters. The van der Waals surface area contributed by atoms with E-state index in [1.807, 2.05) is 59.6 Å². The van der Waals surface area contributed by atoms with Crippen LogP contribution in [-0.2, 0) is 0 Å². The van der Waals surface area contributed by atoms with Crippen LogP contribution >= 0.6 is 11.6 Å². The molecule has 0 N–H and O–H groups in total. The summed E-state index contributed by atoms with van der Waals surface area (Å²) in [5.41, 5.74) is 4.77. The molecular formula is C25H21ClN2O2. The average molecular weight is 417 g/mol. The van der Waals surface area contributed by atoms with Crippen LogP contribution in [0.3, 0.4) is 0 Å². The molecule has 150 valence electrons. The SMILES string of the molecule is COc1ccc(C(=O)C=Cc2ccc(N3CCC(c4ccc(Cl)cc4)=N3)cc2)cc1. The number of allylic oxidation sites excluding steroid dienone is 1. The minimum atomic E-state index is -0.0431. The molecule has 1 aliphatic heterocycles. The molecule has 0 aromatic heterocycles. The normalized spacial score (nSPS) is 13.5. The molecule has 1 aliphatic rings. The number of halogens is 1. The third-order valence-electron chi connectivity index (χ3n) is 4.97. The minimum Gasteiger partial charge on any atom is -0.497 e. The van der Waals surface area contributed by atoms with Crippen LogP contribution in [0.25, 0.3) is 6.08 Å². The van der Waals surface area contributed by atoms with Gasteiger partial charge in [-0.15, -0.1) is 0 Å². The summed E-state index contributed by atoms with van der Waals surface area (Å²) in [5.74, 6) is 0.688. The van der Waals surface area contributed by atoms with Crippen LogP contribution in [0, 0.1) is 0 Å². The van der Waals surface area contributed by atoms with Gasteiger partial charge >= 0.3 is 0 Å². The number of hydrazone groups is 1. The van der Waals surface area contributed by atoms with Gasteiger partial charge in [0.2, 0.25) is 0 Å². The summed E-state index contributed by atoms with van der Waals surface area (Å²) < 4.78 is 5.12. The van der Waals surface area contributed by atoms with Crippen LogP contribution in [-0.4, -0.2) is 25.1 Å². The van der Waals surface area contributed by atoms with E-state index in [0.29, 0.717) is 5.56 Å². The van der Waals surface area contributed by atoms with E-state index in [4.69, 9.17) is 21.4 Å². The summed E-state index contributed by atoms with van der Waals surface area (Å²) in [5, 5.41) is 7.47. The predicted octanol–water partition coefficient (Wildman–Crippen LogP) is 5.86. The number of rotatable bonds is 6. The third-order valence-corrected chi connectivity index (χ3v) is 5.22. The minimum absolute atomic E-state index is 0.0431. The number of hydrogen-bond acceptors (Lipinski definition) is 4. The van der Waals surface area contributed by atoms with E-state index in [9.17, 15) is 4.79 Å². The second-order valence-corrected chi connectivity index (χ2v) is 7.38. The predicted molar refractivity (Wildman–Crippen MR) is 123 cm³/mol. The molecule has 30 heavy (non-hydrogen) atoms. The van der Waals surface area contributed by atoms with Gasteiger partial charge in [0.25, 0.3) is 0 Å². The Morgan fingerprint density at radius 1 is 1.00 bits per heavy atom. The van der Waals surface area contributed by atoms with Crippen LogP contribution in [0.1, 0.15) is 27.9 Å². The van der Waals surface area contributed by atoms with Gasteiger partial charge in [0, 0.05) is 23.6 Å². The standard InChI is InChI=1S/C25H21ClN2O2/c1-30-23-13-7-20(8-14-23)25(29)15-4-18-2-11-22(12-3-18)28-17-16-24(27-28)19-5-9-21(26)10-6-19/h2-15H,16-17H2,1H3. The fourth-order valence-electron chi connectivity index (χ4n) is 3.27. The van der Waals surface area contributed by atoms with Gasteiger partial charge in [-0.2, -0.15) is 5.10 Å². The van der Waals surface area contributed by atoms with Crippen LogP contribution in [0.2, 0.25) is 5.02 Å². The fourth-order valence-corrected chi connectivity index (χ4v) is 3.40. The lowest BCUT2D eigenvalue weighted by Crippen LogP contribution is -2.11. The molecule has 0 atom stereocenters. The largest absolute Gasteiger partial charge is 0.497 e. The second kappa shape index (κ2) is 8.97. The van der Waals surface area contributed by atoms with Crippen molar-refractivity contribution in [1.82, 2.24) is 0 Å². The summed E-state index contributed by atoms with van der Waals surface area (Å²) in [6, 6.07) is 22.9. The maximum absolute atomic E-state index is 12.3. The molecule has 0 radical (unpaired) electrons. The molecule has 0 fully saturated rings. The number of anilines is 1. The van der Waals surface area contributed by atoms with Crippen molar-refractivity contribution in [2.45, 2.75) is 6.42 Å². The van der Waals surface area contributed by atoms with E-state index in [2.05, 4.69) is 0 Å². The fraction of sp³-hybridized carbons (Fsp3) is 0.120. The van der Waals surface area contributed by atoms with Gasteiger partial charge in [0.15, 0.2) is 5.78 Å². The molecule has 0 aliphatic carbocycles. The monoisotopic (exact) mass is 416 g/mol. The summed E-state index contributed by atoms with van der Waals surface area (Å²) in [4.78, 5) is 12.3. The van der Waals surface area contributed by atoms with Gasteiger partial charge < -0.3 is 4.74 Å². The zero-order valence-corrected chi connectivity index (χ0v) is 17.3. The first kappa shape index (κ1) is 19.9. The van der Waals surface area contributed by atoms with Crippen molar-refractivity contribution in [3.63, 3.8) is 0 Å². The summed E-state index contributed by atoms with van der Waals surface area (Å²) >= 11 is 5.97. The van der Waals surface area contributed by atoms with Crippen molar-refractivity contribution in [3.8, 4) is 5.75 Å². The lowest BCUT2D eigenvalue weighted by molar-refractivity contribution is 0.104. The molecule has 3 aromatic rings. The number of methoxy groups -OCH3 is 1. The van der Waals surface area contributed by atoms with Crippen molar-refractivity contribution in [1.29, 1.82) is 0 Å². The van der Waals surface area contributed by atoms with Gasteiger partial charge in [-0.05, 0) is 65.7 Å². The van der Waals surface area contributed by atoms with E-state index in [1.165, 1.54) is 0 Å². The highest BCUT2D eigenvalue weighted by Gasteiger charge is 2.17. The topological polar surface area (TPSA) is 41.9 Å². The Hall–Kier alpha value is -3.37. The maximum Gasteiger partial charge on any atom is 0.185 e. The van der Waals surface area contributed by atoms with Gasteiger partial charge in [-0.1, -0.05) is 41.9 Å². The Kier molecular flexibility index (Phi) is 5.96. The van der Waals surface area contributed by atoms with Crippen molar-refractivity contribution in [2.75, 3.05) is 18.7 Å². The number of hydrogen-bond donors (Lipinski definition) is 0. The van der Waals surface area contributed by atoms with Crippen LogP contribution in [0.15, 0.2) is 84.0 Å². The highest BCUT2D eigenvalue weighted by Crippen LogP contribution is 2.23. The number of ether oxygens (including phenoxy) is 1. The Labute approximate surface area is 181 Å². The van der Waals surface area contributed by atoms with Crippen molar-refractivity contribution in [2.24, 2.45) is 5.10 Å². The van der Waals surface area contributed by atoms with Crippen LogP contribution in [0.5, 0.6) is 5.75 Å². The van der Waals surface area contributed by atoms with E-state index in [1.54, 1.807) is 37.5 Å². The molecule has 1 heterocycles. The lowest BCUT2D eigenvalue weighted by Gasteiger charge is -2.13. The zero-order valence-electron chi connectivity index (χ0n) is 16.6. The van der Waals surface area contributed by atoms with Crippen LogP contribution < -0.4 is 9.75 Å². The first-order chi connectivity index (χ1) is 14.6. The Balaban J connectivity index is 1.42. The molecule has 0 amide bonds. The Morgan fingerprint density at radius 3 is 2.37 bits per heavy atom. The van der Waals surface area contributed by atoms with Crippen molar-refractivity contribution >= 4 is 34.9 Å². The smallest absolute Gasteiger partial charge is 0.185 e. The highest BCUT2D eigenvalue weighted by molar-refractivity contribution is 6.30. The van der Waals surface area contributed by atoms with Gasteiger partial charge in [0.05, 0.1) is 18.5 Å². The highest BCUT2D eigenvalue weighted by atomic mass is 35.5. The summed E-state index contributed by atoms with van der Waals surface area (Å²) in [6.45, 7) is 0.836. The summed E-state index contributed by atoms with van der Waals surface area (Å²) in [7, 11) is 1.60. The number of ketones is 1. The third kappa shape index (κ3) is 4.61. The van der Waals surface area contributed by atoms with Crippen molar-refractivity contribution in [3.05, 3.63) is 101 Å². The molecule has 0 saturated heterocycles. The lowest BCUT2D eigenvalue weighted by atomic mass is 10.1. The molecular weight excluding hydrogens is 396 g/mol. The quantitative estimate of drug-likeness (QED) is 0.373. The molecule has 3 aromatic carbocycles. The second-order valence-electron chi connectivity index (χ2n) is 6.94. The molecule has 4 nitrogen and oxygen atoms in total. The van der Waals surface area contributed by atoms with Gasteiger partial charge in [-0.25, -0.2) is 0 Å².